The maximum absolute atomic E-state index is 13.8. The molecule has 0 atom stereocenters. The van der Waals surface area contributed by atoms with Crippen molar-refractivity contribution in [2.75, 3.05) is 23.8 Å². The average Bonchev–Trinajstić information content (AvgIpc) is 4.27. The Bertz CT molecular complexity index is 3750. The van der Waals surface area contributed by atoms with E-state index in [2.05, 4.69) is 76.9 Å². The van der Waals surface area contributed by atoms with Crippen LogP contribution in [0.3, 0.4) is 0 Å². The highest BCUT2D eigenvalue weighted by atomic mass is 79.9. The van der Waals surface area contributed by atoms with E-state index in [0.717, 1.165) is 33.7 Å². The Hall–Kier alpha value is -8.60. The van der Waals surface area contributed by atoms with Gasteiger partial charge in [-0.15, -0.1) is 20.4 Å². The zero-order chi connectivity index (χ0) is 57.6. The molecule has 0 saturated carbocycles. The summed E-state index contributed by atoms with van der Waals surface area (Å²) in [6.07, 6.45) is -7.17. The van der Waals surface area contributed by atoms with Gasteiger partial charge >= 0.3 is 32.3 Å². The lowest BCUT2D eigenvalue weighted by Gasteiger charge is -2.15. The molecule has 10 rings (SSSR count). The molecular weight excluding hydrogens is 1160 g/mol. The zero-order valence-corrected chi connectivity index (χ0v) is 41.3. The molecule has 416 valence electrons. The molecule has 20 nitrogen and oxygen atoms in total. The summed E-state index contributed by atoms with van der Waals surface area (Å²) in [4.78, 5) is 25.0. The molecule has 0 spiro atoms. The lowest BCUT2D eigenvalue weighted by Crippen LogP contribution is -2.36. The van der Waals surface area contributed by atoms with Crippen molar-refractivity contribution in [3.8, 4) is 34.0 Å². The molecule has 80 heavy (non-hydrogen) atoms. The van der Waals surface area contributed by atoms with Gasteiger partial charge in [-0.2, -0.15) is 43.9 Å². The molecule has 0 bridgehead atoms. The fourth-order valence-corrected chi connectivity index (χ4v) is 7.89. The Morgan fingerprint density at radius 2 is 1.01 bits per heavy atom. The number of alkyl halides is 10. The van der Waals surface area contributed by atoms with Crippen LogP contribution in [0.5, 0.6) is 0 Å². The summed E-state index contributed by atoms with van der Waals surface area (Å²) in [6, 6.07) is 10.6. The monoisotopic (exact) mass is 1190 g/mol. The molecule has 10 aromatic rings. The maximum Gasteiger partial charge on any atom is 0.489 e. The van der Waals surface area contributed by atoms with Crippen molar-refractivity contribution >= 4 is 73.8 Å². The minimum atomic E-state index is -4.85. The second kappa shape index (κ2) is 24.2. The third kappa shape index (κ3) is 13.4. The number of fused-ring (bicyclic) bond motifs is 2. The molecule has 6 heterocycles. The molecule has 0 unspecified atom stereocenters. The fourth-order valence-electron chi connectivity index (χ4n) is 7.33. The quantitative estimate of drug-likeness (QED) is 0.0437. The van der Waals surface area contributed by atoms with Gasteiger partial charge in [-0.3, -0.25) is 0 Å². The normalized spacial score (nSPS) is 11.7. The van der Waals surface area contributed by atoms with E-state index in [-0.39, 0.29) is 77.4 Å². The van der Waals surface area contributed by atoms with Crippen molar-refractivity contribution in [3.05, 3.63) is 137 Å². The van der Waals surface area contributed by atoms with Crippen LogP contribution in [0.15, 0.2) is 111 Å². The molecule has 0 fully saturated rings. The predicted molar refractivity (Wildman–Crippen MR) is 260 cm³/mol. The SMILES string of the molecule is OB(O)c1ccc(F)cc1C(F)(F)F.OCCn1cnc2c(-c3ccc(F)cc3C(F)(F)F)cc(Nc3ncc(-c4nnc(C(F)F)o4)cn3)cc21.OCCn1cnc2c(Br)cc(Nc3ncc(-c4nnc(C(F)F)o4)cn3)cc21. The van der Waals surface area contributed by atoms with Crippen LogP contribution in [-0.2, 0) is 25.4 Å². The smallest absolute Gasteiger partial charge is 0.423 e. The van der Waals surface area contributed by atoms with E-state index in [9.17, 15) is 57.8 Å². The summed E-state index contributed by atoms with van der Waals surface area (Å²) in [5, 5.41) is 55.2. The number of hydrogen-bond acceptors (Lipinski definition) is 18. The van der Waals surface area contributed by atoms with Crippen LogP contribution in [-0.4, -0.2) is 100 Å². The van der Waals surface area contributed by atoms with Crippen LogP contribution in [0.25, 0.3) is 56.1 Å². The number of aliphatic hydroxyl groups is 2. The summed E-state index contributed by atoms with van der Waals surface area (Å²) in [7, 11) is -2.27. The molecule has 34 heteroatoms. The molecule has 0 aliphatic rings. The molecule has 0 amide bonds. The molecule has 6 aromatic heterocycles. The Labute approximate surface area is 447 Å². The van der Waals surface area contributed by atoms with Gasteiger partial charge in [0.1, 0.15) is 17.2 Å². The van der Waals surface area contributed by atoms with Crippen molar-refractivity contribution in [3.63, 3.8) is 0 Å². The number of aliphatic hydroxyl groups excluding tert-OH is 2. The second-order valence-electron chi connectivity index (χ2n) is 16.2. The van der Waals surface area contributed by atoms with Gasteiger partial charge in [-0.1, -0.05) is 12.1 Å². The number of imidazole rings is 2. The Balaban J connectivity index is 0.000000175. The van der Waals surface area contributed by atoms with E-state index >= 15 is 0 Å². The van der Waals surface area contributed by atoms with E-state index in [1.54, 1.807) is 17.0 Å². The van der Waals surface area contributed by atoms with Gasteiger partial charge in [0, 0.05) is 59.3 Å². The molecule has 0 aliphatic carbocycles. The molecule has 0 aliphatic heterocycles. The van der Waals surface area contributed by atoms with E-state index in [1.165, 1.54) is 37.2 Å². The Morgan fingerprint density at radius 1 is 0.562 bits per heavy atom. The number of nitrogens with one attached hydrogen (secondary N) is 2. The van der Waals surface area contributed by atoms with E-state index < -0.39 is 72.3 Å². The van der Waals surface area contributed by atoms with Crippen molar-refractivity contribution in [1.82, 2.24) is 59.4 Å². The van der Waals surface area contributed by atoms with Crippen molar-refractivity contribution in [2.45, 2.75) is 38.3 Å². The molecular formula is C46H32BBrF12N14O6. The first kappa shape index (κ1) is 57.6. The first-order valence-corrected chi connectivity index (χ1v) is 23.2. The van der Waals surface area contributed by atoms with Crippen molar-refractivity contribution < 1.29 is 81.8 Å². The highest BCUT2D eigenvalue weighted by molar-refractivity contribution is 9.10. The van der Waals surface area contributed by atoms with Crippen LogP contribution in [0.1, 0.15) is 35.8 Å². The van der Waals surface area contributed by atoms with Crippen molar-refractivity contribution in [2.24, 2.45) is 0 Å². The van der Waals surface area contributed by atoms with Gasteiger partial charge in [0.25, 0.3) is 23.6 Å². The number of aromatic nitrogens is 12. The third-order valence-corrected chi connectivity index (χ3v) is 11.4. The molecule has 0 saturated heterocycles. The Morgan fingerprint density at radius 3 is 1.46 bits per heavy atom. The average molecular weight is 1200 g/mol. The van der Waals surface area contributed by atoms with Gasteiger partial charge in [0.15, 0.2) is 0 Å². The number of nitrogens with zero attached hydrogens (tertiary/aromatic N) is 12. The lowest BCUT2D eigenvalue weighted by atomic mass is 9.77. The summed E-state index contributed by atoms with van der Waals surface area (Å²) in [6.45, 7) is 0.276. The van der Waals surface area contributed by atoms with Crippen LogP contribution >= 0.6 is 15.9 Å². The number of hydrogen-bond donors (Lipinski definition) is 6. The van der Waals surface area contributed by atoms with Crippen LogP contribution in [0.4, 0.5) is 76.0 Å². The van der Waals surface area contributed by atoms with Gasteiger partial charge in [-0.05, 0) is 75.5 Å². The lowest BCUT2D eigenvalue weighted by molar-refractivity contribution is -0.138. The summed E-state index contributed by atoms with van der Waals surface area (Å²) < 4.78 is 169. The largest absolute Gasteiger partial charge is 0.489 e. The van der Waals surface area contributed by atoms with Gasteiger partial charge in [0.2, 0.25) is 11.9 Å². The van der Waals surface area contributed by atoms with Gasteiger partial charge in [-0.25, -0.2) is 38.7 Å². The van der Waals surface area contributed by atoms with Crippen LogP contribution in [0.2, 0.25) is 0 Å². The summed E-state index contributed by atoms with van der Waals surface area (Å²) >= 11 is 3.47. The third-order valence-electron chi connectivity index (χ3n) is 10.8. The topological polar surface area (TPSA) is 270 Å². The minimum Gasteiger partial charge on any atom is -0.423 e. The van der Waals surface area contributed by atoms with E-state index in [4.69, 9.17) is 24.0 Å². The molecule has 6 N–H and O–H groups in total. The van der Waals surface area contributed by atoms with E-state index in [1.807, 2.05) is 16.7 Å². The standard InChI is InChI=1S/C23H15F6N7O2.C16H12BrF2N7O2.C7H5BF4O2/c24-12-1-2-14(16(5-12)23(27,28)29)15-6-13(7-17-18(15)32-10-36(17)3-4-37)33-22-30-8-11(9-31-22)20-34-35-21(38-20)19(25)26;17-10-3-9(4-11-12(10)22-7-26(11)1-2-27)23-16-20-5-8(6-21-16)14-24-25-15(28-14)13(18)19;9-4-1-2-6(8(13)14)5(3-4)7(10,11)12/h1-2,5-10,19,37H,3-4H2,(H,30,31,33);3-7,13,27H,1-2H2,(H,20,21,23);1-3,13-14H. The zero-order valence-electron chi connectivity index (χ0n) is 39.7. The summed E-state index contributed by atoms with van der Waals surface area (Å²) in [5.74, 6) is -3.75. The fraction of sp³-hybridized carbons (Fsp3) is 0.174. The molecule has 0 radical (unpaired) electrons. The van der Waals surface area contributed by atoms with Crippen molar-refractivity contribution in [1.29, 1.82) is 0 Å². The van der Waals surface area contributed by atoms with Crippen LogP contribution < -0.4 is 16.1 Å². The number of anilines is 4. The Kier molecular flexibility index (Phi) is 17.4. The molecule has 4 aromatic carbocycles. The van der Waals surface area contributed by atoms with E-state index in [0.29, 0.717) is 35.4 Å². The maximum atomic E-state index is 13.8. The number of benzene rings is 4. The van der Waals surface area contributed by atoms with Gasteiger partial charge in [0.05, 0.1) is 64.7 Å². The van der Waals surface area contributed by atoms with Gasteiger partial charge < -0.3 is 48.9 Å². The van der Waals surface area contributed by atoms with Crippen LogP contribution in [0, 0.1) is 11.6 Å². The highest BCUT2D eigenvalue weighted by Crippen LogP contribution is 2.41. The minimum absolute atomic E-state index is 0.00570. The second-order valence-corrected chi connectivity index (χ2v) is 17.0. The predicted octanol–water partition coefficient (Wildman–Crippen LogP) is 9.21. The number of halogens is 13. The number of rotatable bonds is 14. The highest BCUT2D eigenvalue weighted by Gasteiger charge is 2.37. The first-order valence-electron chi connectivity index (χ1n) is 22.4. The summed E-state index contributed by atoms with van der Waals surface area (Å²) in [5.41, 5.74) is 0.0369. The first-order chi connectivity index (χ1) is 38.0.